The van der Waals surface area contributed by atoms with Crippen molar-refractivity contribution in [2.75, 3.05) is 11.9 Å². The van der Waals surface area contributed by atoms with E-state index in [9.17, 15) is 4.79 Å². The van der Waals surface area contributed by atoms with Crippen LogP contribution in [0.4, 0.5) is 5.69 Å². The molecule has 2 heterocycles. The Morgan fingerprint density at radius 1 is 1.38 bits per heavy atom. The maximum absolute atomic E-state index is 12.5. The highest BCUT2D eigenvalue weighted by molar-refractivity contribution is 6.31. The lowest BCUT2D eigenvalue weighted by atomic mass is 9.94. The maximum atomic E-state index is 12.5. The Labute approximate surface area is 158 Å². The number of nitrogens with one attached hydrogen (secondary N) is 2. The van der Waals surface area contributed by atoms with E-state index in [0.29, 0.717) is 16.4 Å². The Morgan fingerprint density at radius 2 is 2.15 bits per heavy atom. The van der Waals surface area contributed by atoms with Crippen molar-refractivity contribution in [3.63, 3.8) is 0 Å². The minimum Gasteiger partial charge on any atom is -0.368 e. The minimum atomic E-state index is -0.328. The molecule has 7 nitrogen and oxygen atoms in total. The smallest absolute Gasteiger partial charge is 0.238 e. The number of anilines is 1. The number of carbonyl (C=O) groups excluding carboxylic acids is 1. The zero-order chi connectivity index (χ0) is 18.9. The summed E-state index contributed by atoms with van der Waals surface area (Å²) in [5.41, 5.74) is 0.749. The number of rotatable bonds is 5. The average molecular weight is 378 g/mol. The molecular formula is C18H24ClN5O2. The van der Waals surface area contributed by atoms with Crippen molar-refractivity contribution in [3.05, 3.63) is 35.9 Å². The van der Waals surface area contributed by atoms with Gasteiger partial charge in [-0.25, -0.2) is 9.67 Å². The molecule has 1 amide bonds. The van der Waals surface area contributed by atoms with E-state index in [1.54, 1.807) is 29.2 Å². The van der Waals surface area contributed by atoms with Crippen molar-refractivity contribution < 1.29 is 9.53 Å². The molecule has 0 bridgehead atoms. The number of benzene rings is 1. The second kappa shape index (κ2) is 6.98. The summed E-state index contributed by atoms with van der Waals surface area (Å²) in [6.07, 6.45) is 3.85. The van der Waals surface area contributed by atoms with E-state index in [0.717, 1.165) is 6.42 Å². The second-order valence-corrected chi connectivity index (χ2v) is 8.09. The molecule has 1 aromatic carbocycles. The predicted molar refractivity (Wildman–Crippen MR) is 101 cm³/mol. The number of hydrogen-bond acceptors (Lipinski definition) is 5. The van der Waals surface area contributed by atoms with Gasteiger partial charge in [0.15, 0.2) is 0 Å². The van der Waals surface area contributed by atoms with Crippen LogP contribution in [-0.4, -0.2) is 44.5 Å². The largest absolute Gasteiger partial charge is 0.368 e. The standard InChI is InChI=1S/C18H24ClN5O2/c1-17(2)8-15(18(3,4)26-17)21-9-16(25)23-13-7-12(19)5-6-14(13)24-11-20-10-22-24/h5-7,10-11,15,21H,8-9H2,1-4H3,(H,23,25)/t15-/m0/s1. The molecule has 1 aromatic heterocycles. The van der Waals surface area contributed by atoms with Crippen LogP contribution in [0.1, 0.15) is 34.1 Å². The fraction of sp³-hybridized carbons (Fsp3) is 0.500. The third-order valence-electron chi connectivity index (χ3n) is 4.48. The van der Waals surface area contributed by atoms with Gasteiger partial charge in [-0.05, 0) is 52.3 Å². The van der Waals surface area contributed by atoms with Crippen LogP contribution in [0.5, 0.6) is 0 Å². The van der Waals surface area contributed by atoms with Crippen molar-refractivity contribution in [1.29, 1.82) is 0 Å². The highest BCUT2D eigenvalue weighted by Gasteiger charge is 2.45. The number of aromatic nitrogens is 3. The van der Waals surface area contributed by atoms with Gasteiger partial charge >= 0.3 is 0 Å². The molecule has 0 saturated carbocycles. The molecule has 1 saturated heterocycles. The molecule has 2 N–H and O–H groups in total. The van der Waals surface area contributed by atoms with Gasteiger partial charge in [-0.1, -0.05) is 11.6 Å². The van der Waals surface area contributed by atoms with Crippen molar-refractivity contribution in [2.24, 2.45) is 0 Å². The fourth-order valence-corrected chi connectivity index (χ4v) is 3.60. The highest BCUT2D eigenvalue weighted by atomic mass is 35.5. The fourth-order valence-electron chi connectivity index (χ4n) is 3.43. The molecule has 3 rings (SSSR count). The first-order valence-corrected chi connectivity index (χ1v) is 8.92. The Bertz CT molecular complexity index is 789. The summed E-state index contributed by atoms with van der Waals surface area (Å²) in [5.74, 6) is -0.158. The molecule has 8 heteroatoms. The molecule has 140 valence electrons. The van der Waals surface area contributed by atoms with Crippen molar-refractivity contribution >= 4 is 23.2 Å². The number of carbonyl (C=O) groups is 1. The van der Waals surface area contributed by atoms with Gasteiger partial charge in [0.2, 0.25) is 5.91 Å². The molecule has 0 unspecified atom stereocenters. The van der Waals surface area contributed by atoms with Crippen molar-refractivity contribution in [1.82, 2.24) is 20.1 Å². The molecule has 1 atom stereocenters. The Hall–Kier alpha value is -1.96. The third kappa shape index (κ3) is 4.23. The van der Waals surface area contributed by atoms with Gasteiger partial charge in [-0.3, -0.25) is 4.79 Å². The van der Waals surface area contributed by atoms with Crippen LogP contribution in [0.25, 0.3) is 5.69 Å². The zero-order valence-electron chi connectivity index (χ0n) is 15.4. The normalized spacial score (nSPS) is 20.9. The van der Waals surface area contributed by atoms with Crippen LogP contribution in [-0.2, 0) is 9.53 Å². The van der Waals surface area contributed by atoms with Crippen LogP contribution in [0, 0.1) is 0 Å². The quantitative estimate of drug-likeness (QED) is 0.837. The van der Waals surface area contributed by atoms with Crippen LogP contribution >= 0.6 is 11.6 Å². The summed E-state index contributed by atoms with van der Waals surface area (Å²) >= 11 is 6.08. The summed E-state index contributed by atoms with van der Waals surface area (Å²) in [5, 5.41) is 10.8. The number of ether oxygens (including phenoxy) is 1. The summed E-state index contributed by atoms with van der Waals surface area (Å²) in [6.45, 7) is 8.38. The summed E-state index contributed by atoms with van der Waals surface area (Å²) in [6, 6.07) is 5.32. The number of nitrogens with zero attached hydrogens (tertiary/aromatic N) is 3. The average Bonchev–Trinajstić information content (AvgIpc) is 3.11. The summed E-state index contributed by atoms with van der Waals surface area (Å²) in [7, 11) is 0. The summed E-state index contributed by atoms with van der Waals surface area (Å²) in [4.78, 5) is 16.4. The van der Waals surface area contributed by atoms with E-state index in [2.05, 4.69) is 34.6 Å². The Balaban J connectivity index is 1.67. The predicted octanol–water partition coefficient (Wildman–Crippen LogP) is 2.79. The highest BCUT2D eigenvalue weighted by Crippen LogP contribution is 2.37. The lowest BCUT2D eigenvalue weighted by Gasteiger charge is -2.27. The lowest BCUT2D eigenvalue weighted by Crippen LogP contribution is -2.46. The van der Waals surface area contributed by atoms with E-state index in [1.165, 1.54) is 6.33 Å². The van der Waals surface area contributed by atoms with Gasteiger partial charge in [-0.15, -0.1) is 0 Å². The Kier molecular flexibility index (Phi) is 5.05. The topological polar surface area (TPSA) is 81.1 Å². The number of halogens is 1. The van der Waals surface area contributed by atoms with Crippen LogP contribution in [0.2, 0.25) is 5.02 Å². The number of hydrogen-bond donors (Lipinski definition) is 2. The SMILES string of the molecule is CC1(C)C[C@H](NCC(=O)Nc2cc(Cl)ccc2-n2cncn2)C(C)(C)O1. The maximum Gasteiger partial charge on any atom is 0.238 e. The van der Waals surface area contributed by atoms with E-state index in [4.69, 9.17) is 16.3 Å². The molecule has 0 radical (unpaired) electrons. The van der Waals surface area contributed by atoms with Gasteiger partial charge in [-0.2, -0.15) is 5.10 Å². The molecule has 0 aliphatic carbocycles. The van der Waals surface area contributed by atoms with Crippen LogP contribution in [0.3, 0.4) is 0 Å². The minimum absolute atomic E-state index is 0.0948. The number of amides is 1. The van der Waals surface area contributed by atoms with Gasteiger partial charge in [0.1, 0.15) is 12.7 Å². The van der Waals surface area contributed by atoms with E-state index in [-0.39, 0.29) is 29.7 Å². The first kappa shape index (κ1) is 18.8. The van der Waals surface area contributed by atoms with E-state index in [1.807, 2.05) is 13.8 Å². The summed E-state index contributed by atoms with van der Waals surface area (Å²) < 4.78 is 7.63. The second-order valence-electron chi connectivity index (χ2n) is 7.65. The lowest BCUT2D eigenvalue weighted by molar-refractivity contribution is -0.115. The van der Waals surface area contributed by atoms with Gasteiger partial charge in [0.05, 0.1) is 29.1 Å². The molecular weight excluding hydrogens is 354 g/mol. The van der Waals surface area contributed by atoms with Gasteiger partial charge in [0.25, 0.3) is 0 Å². The van der Waals surface area contributed by atoms with Gasteiger partial charge < -0.3 is 15.4 Å². The molecule has 26 heavy (non-hydrogen) atoms. The molecule has 2 aromatic rings. The zero-order valence-corrected chi connectivity index (χ0v) is 16.2. The molecule has 1 fully saturated rings. The van der Waals surface area contributed by atoms with Gasteiger partial charge in [0, 0.05) is 11.1 Å². The monoisotopic (exact) mass is 377 g/mol. The van der Waals surface area contributed by atoms with E-state index >= 15 is 0 Å². The van der Waals surface area contributed by atoms with Crippen molar-refractivity contribution in [3.8, 4) is 5.69 Å². The Morgan fingerprint density at radius 3 is 2.77 bits per heavy atom. The molecule has 1 aliphatic rings. The molecule has 0 spiro atoms. The van der Waals surface area contributed by atoms with Crippen LogP contribution < -0.4 is 10.6 Å². The van der Waals surface area contributed by atoms with E-state index < -0.39 is 0 Å². The van der Waals surface area contributed by atoms with Crippen LogP contribution in [0.15, 0.2) is 30.9 Å². The third-order valence-corrected chi connectivity index (χ3v) is 4.72. The first-order valence-electron chi connectivity index (χ1n) is 8.54. The first-order chi connectivity index (χ1) is 12.2. The van der Waals surface area contributed by atoms with Crippen molar-refractivity contribution in [2.45, 2.75) is 51.4 Å². The molecule has 1 aliphatic heterocycles.